The Balaban J connectivity index is 1.95. The van der Waals surface area contributed by atoms with Gasteiger partial charge in [-0.05, 0) is 17.7 Å². The fourth-order valence-corrected chi connectivity index (χ4v) is 1.32. The van der Waals surface area contributed by atoms with Gasteiger partial charge in [0.05, 0.1) is 6.20 Å². The van der Waals surface area contributed by atoms with Crippen LogP contribution in [-0.4, -0.2) is 10.9 Å². The molecule has 0 saturated heterocycles. The highest BCUT2D eigenvalue weighted by Crippen LogP contribution is 1.98. The van der Waals surface area contributed by atoms with Gasteiger partial charge in [-0.15, -0.1) is 0 Å². The Bertz CT molecular complexity index is 454. The third-order valence-electron chi connectivity index (χ3n) is 2.14. The topological polar surface area (TPSA) is 42.0 Å². The van der Waals surface area contributed by atoms with Crippen molar-refractivity contribution >= 4 is 5.91 Å². The molecule has 2 rings (SSSR count). The van der Waals surface area contributed by atoms with E-state index < -0.39 is 0 Å². The van der Waals surface area contributed by atoms with Gasteiger partial charge in [-0.2, -0.15) is 0 Å². The van der Waals surface area contributed by atoms with E-state index in [2.05, 4.69) is 16.5 Å². The number of hydrogen-bond donors (Lipinski definition) is 1. The van der Waals surface area contributed by atoms with Crippen molar-refractivity contribution in [1.82, 2.24) is 10.3 Å². The van der Waals surface area contributed by atoms with E-state index in [0.29, 0.717) is 12.2 Å². The summed E-state index contributed by atoms with van der Waals surface area (Å²) in [6.07, 6.45) is 2.63. The molecular weight excluding hydrogens is 200 g/mol. The lowest BCUT2D eigenvalue weighted by atomic mass is 10.2. The maximum atomic E-state index is 11.6. The van der Waals surface area contributed by atoms with E-state index in [0.717, 1.165) is 5.56 Å². The predicted molar refractivity (Wildman–Crippen MR) is 60.7 cm³/mol. The molecule has 3 nitrogen and oxygen atoms in total. The number of pyridine rings is 1. The first-order chi connectivity index (χ1) is 7.86. The van der Waals surface area contributed by atoms with Crippen LogP contribution in [0.1, 0.15) is 16.1 Å². The van der Waals surface area contributed by atoms with Gasteiger partial charge in [-0.3, -0.25) is 4.79 Å². The number of benzene rings is 1. The summed E-state index contributed by atoms with van der Waals surface area (Å²) in [5.41, 5.74) is 1.45. The number of nitrogens with zero attached hydrogens (tertiary/aromatic N) is 1. The number of carbonyl (C=O) groups is 1. The van der Waals surface area contributed by atoms with Crippen molar-refractivity contribution in [3.63, 3.8) is 0 Å². The molecule has 0 unspecified atom stereocenters. The average Bonchev–Trinajstić information content (AvgIpc) is 2.38. The van der Waals surface area contributed by atoms with Crippen LogP contribution >= 0.6 is 0 Å². The molecule has 1 aromatic heterocycles. The van der Waals surface area contributed by atoms with Crippen LogP contribution in [0.4, 0.5) is 0 Å². The van der Waals surface area contributed by atoms with E-state index in [1.807, 2.05) is 30.3 Å². The van der Waals surface area contributed by atoms with Gasteiger partial charge in [0.25, 0.3) is 5.91 Å². The summed E-state index contributed by atoms with van der Waals surface area (Å²) in [6, 6.07) is 14.8. The smallest absolute Gasteiger partial charge is 0.270 e. The van der Waals surface area contributed by atoms with Gasteiger partial charge in [0.1, 0.15) is 5.69 Å². The van der Waals surface area contributed by atoms with E-state index in [9.17, 15) is 4.79 Å². The van der Waals surface area contributed by atoms with Crippen molar-refractivity contribution in [3.05, 3.63) is 66.0 Å². The summed E-state index contributed by atoms with van der Waals surface area (Å²) in [4.78, 5) is 15.5. The average molecular weight is 211 g/mol. The second-order valence-electron chi connectivity index (χ2n) is 3.32. The minimum Gasteiger partial charge on any atom is -0.347 e. The zero-order valence-electron chi connectivity index (χ0n) is 8.68. The standard InChI is InChI=1S/C13H11N2O/c16-13(12-8-4-5-9-14-12)15-10-11-6-2-1-3-7-11/h1-8H,10H2,(H,15,16). The number of hydrogen-bond acceptors (Lipinski definition) is 2. The molecule has 79 valence electrons. The lowest BCUT2D eigenvalue weighted by molar-refractivity contribution is 0.0946. The summed E-state index contributed by atoms with van der Waals surface area (Å²) < 4.78 is 0. The monoisotopic (exact) mass is 211 g/mol. The molecule has 0 spiro atoms. The van der Waals surface area contributed by atoms with Crippen LogP contribution in [0.2, 0.25) is 0 Å². The van der Waals surface area contributed by atoms with Crippen molar-refractivity contribution in [2.75, 3.05) is 0 Å². The molecule has 0 aliphatic rings. The van der Waals surface area contributed by atoms with Gasteiger partial charge < -0.3 is 5.32 Å². The molecule has 0 fully saturated rings. The molecule has 1 radical (unpaired) electrons. The molecule has 1 amide bonds. The highest BCUT2D eigenvalue weighted by atomic mass is 16.1. The highest BCUT2D eigenvalue weighted by molar-refractivity contribution is 5.92. The van der Waals surface area contributed by atoms with Gasteiger partial charge in [-0.1, -0.05) is 36.4 Å². The Kier molecular flexibility index (Phi) is 3.28. The number of carbonyl (C=O) groups excluding carboxylic acids is 1. The van der Waals surface area contributed by atoms with E-state index in [4.69, 9.17) is 0 Å². The van der Waals surface area contributed by atoms with Gasteiger partial charge in [-0.25, -0.2) is 4.98 Å². The molecule has 0 bridgehead atoms. The Morgan fingerprint density at radius 2 is 2.00 bits per heavy atom. The minimum atomic E-state index is -0.180. The quantitative estimate of drug-likeness (QED) is 0.841. The second kappa shape index (κ2) is 5.07. The summed E-state index contributed by atoms with van der Waals surface area (Å²) >= 11 is 0. The van der Waals surface area contributed by atoms with Crippen molar-refractivity contribution in [3.8, 4) is 0 Å². The van der Waals surface area contributed by atoms with Crippen LogP contribution in [0.3, 0.4) is 0 Å². The number of rotatable bonds is 3. The van der Waals surface area contributed by atoms with E-state index >= 15 is 0 Å². The van der Waals surface area contributed by atoms with Crippen molar-refractivity contribution in [1.29, 1.82) is 0 Å². The maximum Gasteiger partial charge on any atom is 0.270 e. The maximum absolute atomic E-state index is 11.6. The molecule has 0 aliphatic carbocycles. The normalized spacial score (nSPS) is 9.75. The minimum absolute atomic E-state index is 0.180. The van der Waals surface area contributed by atoms with Gasteiger partial charge in [0.2, 0.25) is 0 Å². The second-order valence-corrected chi connectivity index (χ2v) is 3.32. The predicted octanol–water partition coefficient (Wildman–Crippen LogP) is 1.81. The molecule has 1 aromatic carbocycles. The SMILES string of the molecule is O=C(NCc1ccccc1)c1ccc[c]n1. The van der Waals surface area contributed by atoms with E-state index in [-0.39, 0.29) is 5.91 Å². The molecule has 1 N–H and O–H groups in total. The first-order valence-corrected chi connectivity index (χ1v) is 5.01. The lowest BCUT2D eigenvalue weighted by Crippen LogP contribution is -2.23. The Morgan fingerprint density at radius 1 is 1.19 bits per heavy atom. The van der Waals surface area contributed by atoms with Crippen LogP contribution in [-0.2, 0) is 6.54 Å². The number of aromatic nitrogens is 1. The third-order valence-corrected chi connectivity index (χ3v) is 2.14. The Hall–Kier alpha value is -2.16. The van der Waals surface area contributed by atoms with Gasteiger partial charge >= 0.3 is 0 Å². The molecule has 2 aromatic rings. The van der Waals surface area contributed by atoms with Crippen LogP contribution < -0.4 is 5.32 Å². The molecule has 0 atom stereocenters. The molecule has 0 saturated carbocycles. The van der Waals surface area contributed by atoms with Crippen LogP contribution in [0.5, 0.6) is 0 Å². The Morgan fingerprint density at radius 3 is 2.69 bits per heavy atom. The first-order valence-electron chi connectivity index (χ1n) is 5.01. The van der Waals surface area contributed by atoms with Crippen LogP contribution in [0, 0.1) is 6.20 Å². The summed E-state index contributed by atoms with van der Waals surface area (Å²) in [6.45, 7) is 0.510. The number of nitrogens with one attached hydrogen (secondary N) is 1. The van der Waals surface area contributed by atoms with Crippen molar-refractivity contribution in [2.45, 2.75) is 6.54 Å². The summed E-state index contributed by atoms with van der Waals surface area (Å²) in [5.74, 6) is -0.180. The molecule has 1 heterocycles. The molecule has 16 heavy (non-hydrogen) atoms. The molecule has 0 aliphatic heterocycles. The van der Waals surface area contributed by atoms with E-state index in [1.54, 1.807) is 18.2 Å². The van der Waals surface area contributed by atoms with Crippen molar-refractivity contribution in [2.24, 2.45) is 0 Å². The first kappa shape index (κ1) is 10.4. The summed E-state index contributed by atoms with van der Waals surface area (Å²) in [5, 5.41) is 2.79. The Labute approximate surface area is 94.1 Å². The largest absolute Gasteiger partial charge is 0.347 e. The van der Waals surface area contributed by atoms with Crippen LogP contribution in [0.25, 0.3) is 0 Å². The van der Waals surface area contributed by atoms with Gasteiger partial charge in [0, 0.05) is 6.54 Å². The van der Waals surface area contributed by atoms with Crippen LogP contribution in [0.15, 0.2) is 48.5 Å². The van der Waals surface area contributed by atoms with Crippen molar-refractivity contribution < 1.29 is 4.79 Å². The van der Waals surface area contributed by atoms with Gasteiger partial charge in [0.15, 0.2) is 0 Å². The highest BCUT2D eigenvalue weighted by Gasteiger charge is 2.04. The molecular formula is C13H11N2O. The third kappa shape index (κ3) is 2.67. The number of amides is 1. The van der Waals surface area contributed by atoms with E-state index in [1.165, 1.54) is 0 Å². The fourth-order valence-electron chi connectivity index (χ4n) is 1.32. The summed E-state index contributed by atoms with van der Waals surface area (Å²) in [7, 11) is 0. The lowest BCUT2D eigenvalue weighted by Gasteiger charge is -2.03. The zero-order valence-corrected chi connectivity index (χ0v) is 8.68. The fraction of sp³-hybridized carbons (Fsp3) is 0.0769. The molecule has 3 heteroatoms. The zero-order chi connectivity index (χ0) is 11.2.